The summed E-state index contributed by atoms with van der Waals surface area (Å²) in [4.78, 5) is 22.2. The highest BCUT2D eigenvalue weighted by Gasteiger charge is 2.22. The first-order valence-electron chi connectivity index (χ1n) is 4.28. The van der Waals surface area contributed by atoms with Gasteiger partial charge in [0.15, 0.2) is 0 Å². The van der Waals surface area contributed by atoms with E-state index >= 15 is 0 Å². The van der Waals surface area contributed by atoms with Gasteiger partial charge in [0.05, 0.1) is 22.9 Å². The van der Waals surface area contributed by atoms with Gasteiger partial charge in [-0.25, -0.2) is 0 Å². The molecule has 1 aliphatic rings. The normalized spacial score (nSPS) is 15.2. The second kappa shape index (κ2) is 3.68. The fourth-order valence-corrected chi connectivity index (χ4v) is 2.04. The Bertz CT molecular complexity index is 403. The van der Waals surface area contributed by atoms with Gasteiger partial charge in [-0.1, -0.05) is 12.1 Å². The maximum Gasteiger partial charge on any atom is 0.262 e. The number of hydrogen-bond acceptors (Lipinski definition) is 2. The van der Waals surface area contributed by atoms with E-state index in [1.54, 1.807) is 15.2 Å². The second-order valence-electron chi connectivity index (χ2n) is 3.18. The van der Waals surface area contributed by atoms with Crippen LogP contribution >= 0.6 is 22.9 Å². The smallest absolute Gasteiger partial charge is 0.262 e. The number of carbonyl (C=O) groups is 2. The van der Waals surface area contributed by atoms with Crippen LogP contribution in [0.4, 0.5) is 0 Å². The molecular weight excluding hydrogens is 293 g/mol. The maximum atomic E-state index is 11.7. The lowest BCUT2D eigenvalue weighted by Gasteiger charge is -2.22. The second-order valence-corrected chi connectivity index (χ2v) is 4.34. The minimum absolute atomic E-state index is 0.00412. The number of aldehydes is 1. The highest BCUT2D eigenvalue weighted by atomic mass is 127. The molecule has 3 nitrogen and oxygen atoms in total. The average Bonchev–Trinajstić information content (AvgIpc) is 2.23. The fourth-order valence-electron chi connectivity index (χ4n) is 1.54. The van der Waals surface area contributed by atoms with Crippen molar-refractivity contribution < 1.29 is 9.59 Å². The first-order valence-corrected chi connectivity index (χ1v) is 5.24. The monoisotopic (exact) mass is 301 g/mol. The van der Waals surface area contributed by atoms with E-state index in [0.29, 0.717) is 11.1 Å². The summed E-state index contributed by atoms with van der Waals surface area (Å²) in [5.41, 5.74) is 2.26. The maximum absolute atomic E-state index is 11.7. The summed E-state index contributed by atoms with van der Waals surface area (Å²) in [6, 6.07) is 5.28. The Hall–Kier alpha value is -0.910. The van der Waals surface area contributed by atoms with Gasteiger partial charge < -0.3 is 0 Å². The Labute approximate surface area is 95.6 Å². The lowest BCUT2D eigenvalue weighted by molar-refractivity contribution is 0.0878. The van der Waals surface area contributed by atoms with Crippen LogP contribution in [0.3, 0.4) is 0 Å². The van der Waals surface area contributed by atoms with Crippen LogP contribution in [0.5, 0.6) is 0 Å². The molecule has 0 aromatic heterocycles. The predicted molar refractivity (Wildman–Crippen MR) is 60.6 cm³/mol. The van der Waals surface area contributed by atoms with Crippen molar-refractivity contribution in [1.29, 1.82) is 0 Å². The predicted octanol–water partition coefficient (Wildman–Crippen LogP) is 1.85. The van der Waals surface area contributed by atoms with Crippen molar-refractivity contribution in [2.45, 2.75) is 6.42 Å². The molecule has 4 heteroatoms. The molecule has 2 rings (SSSR count). The fraction of sp³-hybridized carbons (Fsp3) is 0.200. The number of benzene rings is 1. The van der Waals surface area contributed by atoms with Crippen molar-refractivity contribution in [2.75, 3.05) is 6.54 Å². The van der Waals surface area contributed by atoms with E-state index in [1.807, 2.05) is 28.9 Å². The highest BCUT2D eigenvalue weighted by Crippen LogP contribution is 2.21. The minimum Gasteiger partial charge on any atom is -0.298 e. The Balaban J connectivity index is 2.51. The zero-order valence-electron chi connectivity index (χ0n) is 7.37. The van der Waals surface area contributed by atoms with Gasteiger partial charge in [0.1, 0.15) is 6.29 Å². The number of fused-ring (bicyclic) bond motifs is 1. The third kappa shape index (κ3) is 1.54. The van der Waals surface area contributed by atoms with E-state index in [0.717, 1.165) is 24.8 Å². The summed E-state index contributed by atoms with van der Waals surface area (Å²) in [6.07, 6.45) is 1.63. The molecule has 0 unspecified atom stereocenters. The van der Waals surface area contributed by atoms with Gasteiger partial charge >= 0.3 is 0 Å². The Kier molecular flexibility index (Phi) is 2.54. The number of nitrogens with zero attached hydrogens (tertiary/aromatic N) is 1. The van der Waals surface area contributed by atoms with E-state index in [1.165, 1.54) is 0 Å². The summed E-state index contributed by atoms with van der Waals surface area (Å²) in [6.45, 7) is 0.743. The highest BCUT2D eigenvalue weighted by molar-refractivity contribution is 14.1. The van der Waals surface area contributed by atoms with Gasteiger partial charge in [0, 0.05) is 17.7 Å². The van der Waals surface area contributed by atoms with Crippen molar-refractivity contribution in [2.24, 2.45) is 0 Å². The van der Waals surface area contributed by atoms with E-state index in [9.17, 15) is 9.59 Å². The molecule has 1 heterocycles. The van der Waals surface area contributed by atoms with E-state index in [-0.39, 0.29) is 5.91 Å². The van der Waals surface area contributed by atoms with Crippen molar-refractivity contribution >= 4 is 35.1 Å². The van der Waals surface area contributed by atoms with E-state index < -0.39 is 0 Å². The van der Waals surface area contributed by atoms with Gasteiger partial charge in [-0.3, -0.25) is 12.7 Å². The van der Waals surface area contributed by atoms with Gasteiger partial charge in [0.25, 0.3) is 5.91 Å². The summed E-state index contributed by atoms with van der Waals surface area (Å²) >= 11 is 2.00. The summed E-state index contributed by atoms with van der Waals surface area (Å²) < 4.78 is 1.65. The third-order valence-corrected chi connectivity index (χ3v) is 3.22. The number of rotatable bonds is 1. The molecule has 1 amide bonds. The van der Waals surface area contributed by atoms with Gasteiger partial charge in [-0.2, -0.15) is 0 Å². The lowest BCUT2D eigenvalue weighted by atomic mass is 9.98. The van der Waals surface area contributed by atoms with Gasteiger partial charge in [-0.05, 0) is 18.1 Å². The molecular formula is C10H8INO2. The standard InChI is InChI=1S/C10H8INO2/c11-12-4-3-8-2-1-7(6-13)5-9(8)10(12)14/h1-2,5-6H,3-4H2. The SMILES string of the molecule is O=Cc1ccc2c(c1)C(=O)N(I)CC2. The largest absolute Gasteiger partial charge is 0.298 e. The molecule has 0 fully saturated rings. The van der Waals surface area contributed by atoms with Crippen molar-refractivity contribution in [1.82, 2.24) is 3.11 Å². The summed E-state index contributed by atoms with van der Waals surface area (Å²) in [5, 5.41) is 0. The zero-order valence-corrected chi connectivity index (χ0v) is 9.52. The van der Waals surface area contributed by atoms with Crippen LogP contribution in [0.2, 0.25) is 0 Å². The van der Waals surface area contributed by atoms with Crippen LogP contribution in [0.15, 0.2) is 18.2 Å². The molecule has 1 aliphatic heterocycles. The molecule has 0 atom stereocenters. The molecule has 72 valence electrons. The molecule has 0 N–H and O–H groups in total. The van der Waals surface area contributed by atoms with Crippen LogP contribution in [0.25, 0.3) is 0 Å². The molecule has 0 saturated heterocycles. The number of carbonyl (C=O) groups excluding carboxylic acids is 2. The molecule has 0 bridgehead atoms. The molecule has 1 aromatic carbocycles. The van der Waals surface area contributed by atoms with Crippen LogP contribution in [-0.4, -0.2) is 21.9 Å². The first kappa shape index (κ1) is 9.64. The van der Waals surface area contributed by atoms with Crippen molar-refractivity contribution in [3.05, 3.63) is 34.9 Å². The van der Waals surface area contributed by atoms with Crippen LogP contribution in [0, 0.1) is 0 Å². The van der Waals surface area contributed by atoms with E-state index in [4.69, 9.17) is 0 Å². The van der Waals surface area contributed by atoms with Crippen molar-refractivity contribution in [3.63, 3.8) is 0 Å². The molecule has 0 saturated carbocycles. The lowest BCUT2D eigenvalue weighted by Crippen LogP contribution is -2.29. The molecule has 0 radical (unpaired) electrons. The molecule has 1 aromatic rings. The van der Waals surface area contributed by atoms with Crippen LogP contribution in [-0.2, 0) is 6.42 Å². The van der Waals surface area contributed by atoms with Crippen molar-refractivity contribution in [3.8, 4) is 0 Å². The topological polar surface area (TPSA) is 37.4 Å². The first-order chi connectivity index (χ1) is 6.72. The van der Waals surface area contributed by atoms with Gasteiger partial charge in [-0.15, -0.1) is 0 Å². The summed E-state index contributed by atoms with van der Waals surface area (Å²) in [7, 11) is 0. The number of halogens is 1. The molecule has 0 aliphatic carbocycles. The van der Waals surface area contributed by atoms with Crippen LogP contribution < -0.4 is 0 Å². The van der Waals surface area contributed by atoms with Crippen LogP contribution in [0.1, 0.15) is 26.3 Å². The quantitative estimate of drug-likeness (QED) is 0.451. The molecule has 14 heavy (non-hydrogen) atoms. The minimum atomic E-state index is -0.00412. The average molecular weight is 301 g/mol. The Morgan fingerprint density at radius 3 is 2.93 bits per heavy atom. The Morgan fingerprint density at radius 1 is 1.43 bits per heavy atom. The third-order valence-electron chi connectivity index (χ3n) is 2.30. The number of amides is 1. The van der Waals surface area contributed by atoms with E-state index in [2.05, 4.69) is 0 Å². The Morgan fingerprint density at radius 2 is 2.21 bits per heavy atom. The summed E-state index contributed by atoms with van der Waals surface area (Å²) in [5.74, 6) is -0.00412. The number of hydrogen-bond donors (Lipinski definition) is 0. The van der Waals surface area contributed by atoms with Gasteiger partial charge in [0.2, 0.25) is 0 Å². The zero-order chi connectivity index (χ0) is 10.1. The molecule has 0 spiro atoms.